The summed E-state index contributed by atoms with van der Waals surface area (Å²) in [5, 5.41) is 4.54. The van der Waals surface area contributed by atoms with Crippen LogP contribution in [0.1, 0.15) is 49.9 Å². The van der Waals surface area contributed by atoms with Crippen molar-refractivity contribution in [3.05, 3.63) is 50.4 Å². The number of rotatable bonds is 5. The van der Waals surface area contributed by atoms with E-state index in [4.69, 9.17) is 9.47 Å². The molecule has 1 atom stereocenters. The molecule has 0 unspecified atom stereocenters. The molecule has 0 bridgehead atoms. The van der Waals surface area contributed by atoms with Crippen molar-refractivity contribution in [2.24, 2.45) is 5.92 Å². The molecule has 0 N–H and O–H groups in total. The van der Waals surface area contributed by atoms with E-state index in [1.807, 2.05) is 12.1 Å². The van der Waals surface area contributed by atoms with Gasteiger partial charge in [-0.2, -0.15) is 5.10 Å². The van der Waals surface area contributed by atoms with Crippen molar-refractivity contribution < 1.29 is 9.47 Å². The Bertz CT molecular complexity index is 1090. The third kappa shape index (κ3) is 4.11. The summed E-state index contributed by atoms with van der Waals surface area (Å²) < 4.78 is 14.6. The Morgan fingerprint density at radius 1 is 1.19 bits per heavy atom. The van der Waals surface area contributed by atoms with E-state index in [2.05, 4.69) is 15.0 Å². The van der Waals surface area contributed by atoms with Crippen LogP contribution < -0.4 is 15.9 Å². The highest BCUT2D eigenvalue weighted by atomic mass is 16.5. The van der Waals surface area contributed by atoms with E-state index in [0.29, 0.717) is 43.8 Å². The van der Waals surface area contributed by atoms with E-state index in [9.17, 15) is 9.59 Å². The number of pyridine rings is 1. The molecule has 172 valence electrons. The minimum Gasteiger partial charge on any atom is -0.481 e. The normalized spacial score (nSPS) is 24.0. The summed E-state index contributed by atoms with van der Waals surface area (Å²) in [5.41, 5.74) is -0.435. The van der Waals surface area contributed by atoms with Gasteiger partial charge in [0.1, 0.15) is 12.2 Å². The summed E-state index contributed by atoms with van der Waals surface area (Å²) in [4.78, 5) is 32.3. The van der Waals surface area contributed by atoms with Gasteiger partial charge in [0.2, 0.25) is 5.88 Å². The quantitative estimate of drug-likeness (QED) is 0.651. The van der Waals surface area contributed by atoms with Crippen LogP contribution in [0.25, 0.3) is 0 Å². The standard InChI is InChI=1S/C23H31N5O4/c1-31-20-18(8-5-10-24-20)13-26-11-9-23(15-26)16-27-19(14-32-23)25-28(22(30)21(27)29)12-17-6-3-2-4-7-17/h5,8,10,17H,2-4,6-7,9,11-16H2,1H3/t23-/m0/s1. The molecule has 32 heavy (non-hydrogen) atoms. The maximum atomic E-state index is 13.0. The maximum absolute atomic E-state index is 13.0. The van der Waals surface area contributed by atoms with Crippen molar-refractivity contribution in [3.63, 3.8) is 0 Å². The Balaban J connectivity index is 1.32. The first-order valence-electron chi connectivity index (χ1n) is 11.6. The van der Waals surface area contributed by atoms with E-state index in [1.165, 1.54) is 23.9 Å². The van der Waals surface area contributed by atoms with Gasteiger partial charge in [0.05, 0.1) is 13.7 Å². The van der Waals surface area contributed by atoms with Gasteiger partial charge in [0.15, 0.2) is 5.82 Å². The number of nitrogens with zero attached hydrogens (tertiary/aromatic N) is 5. The SMILES string of the molecule is COc1ncccc1CN1CC[C@]2(C1)Cn1c(nn(CC3CCCCC3)c(=O)c1=O)CO2. The van der Waals surface area contributed by atoms with Crippen LogP contribution in [0, 0.1) is 5.92 Å². The number of ether oxygens (including phenoxy) is 2. The van der Waals surface area contributed by atoms with Crippen molar-refractivity contribution in [2.75, 3.05) is 20.2 Å². The Hall–Kier alpha value is -2.52. The summed E-state index contributed by atoms with van der Waals surface area (Å²) in [6.07, 6.45) is 8.36. The highest BCUT2D eigenvalue weighted by Crippen LogP contribution is 2.32. The fourth-order valence-electron chi connectivity index (χ4n) is 5.42. The molecular weight excluding hydrogens is 410 g/mol. The van der Waals surface area contributed by atoms with Gasteiger partial charge in [-0.3, -0.25) is 19.1 Å². The Kier molecular flexibility index (Phi) is 5.86. The van der Waals surface area contributed by atoms with Gasteiger partial charge in [0, 0.05) is 37.9 Å². The number of hydrogen-bond donors (Lipinski definition) is 0. The fraction of sp³-hybridized carbons (Fsp3) is 0.652. The summed E-state index contributed by atoms with van der Waals surface area (Å²) in [6, 6.07) is 3.91. The highest BCUT2D eigenvalue weighted by Gasteiger charge is 2.43. The lowest BCUT2D eigenvalue weighted by Crippen LogP contribution is -2.53. The zero-order valence-corrected chi connectivity index (χ0v) is 18.7. The molecule has 0 radical (unpaired) electrons. The smallest absolute Gasteiger partial charge is 0.332 e. The van der Waals surface area contributed by atoms with Gasteiger partial charge in [-0.05, 0) is 31.2 Å². The third-order valence-electron chi connectivity index (χ3n) is 7.15. The minimum atomic E-state index is -0.508. The molecule has 0 amide bonds. The molecule has 2 fully saturated rings. The van der Waals surface area contributed by atoms with Crippen molar-refractivity contribution >= 4 is 0 Å². The average Bonchev–Trinajstić information content (AvgIpc) is 3.20. The zero-order valence-electron chi connectivity index (χ0n) is 18.7. The van der Waals surface area contributed by atoms with E-state index in [-0.39, 0.29) is 6.61 Å². The van der Waals surface area contributed by atoms with Crippen LogP contribution in [0.3, 0.4) is 0 Å². The molecule has 2 aliphatic heterocycles. The Morgan fingerprint density at radius 3 is 2.84 bits per heavy atom. The second-order valence-electron chi connectivity index (χ2n) is 9.40. The van der Waals surface area contributed by atoms with Crippen molar-refractivity contribution in [1.82, 2.24) is 24.2 Å². The van der Waals surface area contributed by atoms with Crippen molar-refractivity contribution in [3.8, 4) is 5.88 Å². The molecule has 9 nitrogen and oxygen atoms in total. The first-order valence-corrected chi connectivity index (χ1v) is 11.6. The molecule has 4 heterocycles. The molecule has 3 aliphatic rings. The van der Waals surface area contributed by atoms with Crippen LogP contribution in [0.15, 0.2) is 27.9 Å². The molecule has 0 aromatic carbocycles. The summed E-state index contributed by atoms with van der Waals surface area (Å²) in [5.74, 6) is 1.62. The predicted octanol–water partition coefficient (Wildman–Crippen LogP) is 1.56. The van der Waals surface area contributed by atoms with Gasteiger partial charge >= 0.3 is 11.1 Å². The Labute approximate surface area is 187 Å². The van der Waals surface area contributed by atoms with E-state index >= 15 is 0 Å². The molecule has 5 rings (SSSR count). The lowest BCUT2D eigenvalue weighted by molar-refractivity contribution is -0.0860. The van der Waals surface area contributed by atoms with E-state index in [1.54, 1.807) is 17.9 Å². The van der Waals surface area contributed by atoms with Crippen LogP contribution in [-0.2, 0) is 31.0 Å². The summed E-state index contributed by atoms with van der Waals surface area (Å²) in [7, 11) is 1.62. The third-order valence-corrected chi connectivity index (χ3v) is 7.15. The summed E-state index contributed by atoms with van der Waals surface area (Å²) >= 11 is 0. The second-order valence-corrected chi connectivity index (χ2v) is 9.40. The first-order chi connectivity index (χ1) is 15.6. The molecule has 2 aromatic heterocycles. The molecule has 2 aromatic rings. The van der Waals surface area contributed by atoms with Gasteiger partial charge in [-0.1, -0.05) is 25.3 Å². The number of hydrogen-bond acceptors (Lipinski definition) is 7. The first kappa shape index (κ1) is 21.3. The number of fused-ring (bicyclic) bond motifs is 1. The van der Waals surface area contributed by atoms with Crippen LogP contribution in [0.4, 0.5) is 0 Å². The monoisotopic (exact) mass is 441 g/mol. The fourth-order valence-corrected chi connectivity index (χ4v) is 5.42. The number of methoxy groups -OCH3 is 1. The molecular formula is C23H31N5O4. The molecule has 9 heteroatoms. The van der Waals surface area contributed by atoms with E-state index in [0.717, 1.165) is 31.4 Å². The van der Waals surface area contributed by atoms with Crippen LogP contribution in [0.2, 0.25) is 0 Å². The lowest BCUT2D eigenvalue weighted by Gasteiger charge is -2.35. The molecule has 1 aliphatic carbocycles. The van der Waals surface area contributed by atoms with Crippen LogP contribution in [-0.4, -0.2) is 50.0 Å². The highest BCUT2D eigenvalue weighted by molar-refractivity contribution is 5.25. The lowest BCUT2D eigenvalue weighted by atomic mass is 9.89. The van der Waals surface area contributed by atoms with Gasteiger partial charge < -0.3 is 9.47 Å². The van der Waals surface area contributed by atoms with Crippen LogP contribution in [0.5, 0.6) is 5.88 Å². The predicted molar refractivity (Wildman–Crippen MR) is 118 cm³/mol. The largest absolute Gasteiger partial charge is 0.481 e. The molecule has 1 saturated heterocycles. The number of likely N-dealkylation sites (tertiary alicyclic amines) is 1. The van der Waals surface area contributed by atoms with Crippen molar-refractivity contribution in [2.45, 2.75) is 70.4 Å². The van der Waals surface area contributed by atoms with E-state index < -0.39 is 16.7 Å². The summed E-state index contributed by atoms with van der Waals surface area (Å²) in [6.45, 7) is 3.38. The van der Waals surface area contributed by atoms with Gasteiger partial charge in [0.25, 0.3) is 0 Å². The van der Waals surface area contributed by atoms with Crippen LogP contribution >= 0.6 is 0 Å². The zero-order chi connectivity index (χ0) is 22.1. The Morgan fingerprint density at radius 2 is 2.03 bits per heavy atom. The average molecular weight is 442 g/mol. The van der Waals surface area contributed by atoms with Gasteiger partial charge in [-0.25, -0.2) is 9.67 Å². The van der Waals surface area contributed by atoms with Crippen molar-refractivity contribution in [1.29, 1.82) is 0 Å². The second kappa shape index (κ2) is 8.78. The topological polar surface area (TPSA) is 91.5 Å². The molecule has 1 spiro atoms. The number of aromatic nitrogens is 4. The maximum Gasteiger partial charge on any atom is 0.332 e. The minimum absolute atomic E-state index is 0.254. The molecule has 1 saturated carbocycles. The van der Waals surface area contributed by atoms with Gasteiger partial charge in [-0.15, -0.1) is 0 Å².